The van der Waals surface area contributed by atoms with Gasteiger partial charge in [0.1, 0.15) is 0 Å². The molecule has 3 rings (SSSR count). The Bertz CT molecular complexity index is 900. The number of hydrogen-bond donors (Lipinski definition) is 0. The van der Waals surface area contributed by atoms with Crippen LogP contribution in [0.5, 0.6) is 0 Å². The Balaban J connectivity index is 1.91. The van der Waals surface area contributed by atoms with Crippen LogP contribution in [0, 0.1) is 12.3 Å². The molecule has 1 atom stereocenters. The van der Waals surface area contributed by atoms with Crippen LogP contribution < -0.4 is 0 Å². The molecular weight excluding hydrogens is 396 g/mol. The van der Waals surface area contributed by atoms with E-state index >= 15 is 0 Å². The average Bonchev–Trinajstić information content (AvgIpc) is 3.18. The Hall–Kier alpha value is -2.18. The van der Waals surface area contributed by atoms with Gasteiger partial charge in [0.25, 0.3) is 0 Å². The molecule has 0 bridgehead atoms. The van der Waals surface area contributed by atoms with Crippen LogP contribution in [0.3, 0.4) is 0 Å². The minimum absolute atomic E-state index is 0.0196. The fourth-order valence-corrected chi connectivity index (χ4v) is 4.90. The molecule has 0 radical (unpaired) electrons. The van der Waals surface area contributed by atoms with E-state index in [-0.39, 0.29) is 24.4 Å². The van der Waals surface area contributed by atoms with Gasteiger partial charge in [-0.3, -0.25) is 9.59 Å². The third kappa shape index (κ3) is 4.76. The lowest BCUT2D eigenvalue weighted by Gasteiger charge is -2.39. The van der Waals surface area contributed by atoms with Crippen molar-refractivity contribution in [3.63, 3.8) is 0 Å². The molecule has 5 nitrogen and oxygen atoms in total. The van der Waals surface area contributed by atoms with Gasteiger partial charge in [0.05, 0.1) is 19.2 Å². The molecule has 0 aliphatic carbocycles. The van der Waals surface area contributed by atoms with Crippen LogP contribution in [-0.4, -0.2) is 55.0 Å². The standard InChI is InChI=1S/C24H32N2O3S/c1-17-8-6-7-9-18(17)22-19-11-15-30-20(19)10-12-26(22)21(27)16-25(13-14-29-5)23(28)24(2,3)4/h6-9,11,15,22H,10,12-14,16H2,1-5H3/t22-/m0/s1. The number of nitrogens with zero attached hydrogens (tertiary/aromatic N) is 2. The van der Waals surface area contributed by atoms with Gasteiger partial charge in [-0.2, -0.15) is 0 Å². The number of rotatable bonds is 6. The van der Waals surface area contributed by atoms with Crippen molar-refractivity contribution in [2.45, 2.75) is 40.2 Å². The zero-order chi connectivity index (χ0) is 21.9. The summed E-state index contributed by atoms with van der Waals surface area (Å²) in [6.45, 7) is 9.29. The molecule has 0 saturated heterocycles. The number of carbonyl (C=O) groups excluding carboxylic acids is 2. The molecule has 162 valence electrons. The smallest absolute Gasteiger partial charge is 0.242 e. The van der Waals surface area contributed by atoms with Crippen molar-refractivity contribution in [1.29, 1.82) is 0 Å². The number of carbonyl (C=O) groups is 2. The largest absolute Gasteiger partial charge is 0.383 e. The van der Waals surface area contributed by atoms with Gasteiger partial charge in [0.15, 0.2) is 0 Å². The first kappa shape index (κ1) is 22.5. The molecule has 0 saturated carbocycles. The minimum Gasteiger partial charge on any atom is -0.383 e. The molecule has 0 N–H and O–H groups in total. The van der Waals surface area contributed by atoms with Gasteiger partial charge in [-0.15, -0.1) is 11.3 Å². The van der Waals surface area contributed by atoms with Gasteiger partial charge in [0, 0.05) is 30.5 Å². The van der Waals surface area contributed by atoms with Gasteiger partial charge in [-0.1, -0.05) is 45.0 Å². The summed E-state index contributed by atoms with van der Waals surface area (Å²) in [4.78, 5) is 31.4. The summed E-state index contributed by atoms with van der Waals surface area (Å²) in [5, 5.41) is 2.11. The van der Waals surface area contributed by atoms with E-state index < -0.39 is 5.41 Å². The van der Waals surface area contributed by atoms with Crippen LogP contribution in [0.4, 0.5) is 0 Å². The van der Waals surface area contributed by atoms with Gasteiger partial charge >= 0.3 is 0 Å². The summed E-state index contributed by atoms with van der Waals surface area (Å²) >= 11 is 1.76. The molecule has 0 spiro atoms. The van der Waals surface area contributed by atoms with Crippen LogP contribution in [-0.2, 0) is 20.7 Å². The topological polar surface area (TPSA) is 49.9 Å². The van der Waals surface area contributed by atoms with Crippen LogP contribution in [0.15, 0.2) is 35.7 Å². The Morgan fingerprint density at radius 3 is 2.60 bits per heavy atom. The number of aryl methyl sites for hydroxylation is 1. The average molecular weight is 429 g/mol. The summed E-state index contributed by atoms with van der Waals surface area (Å²) in [7, 11) is 1.61. The molecule has 2 heterocycles. The molecule has 0 unspecified atom stereocenters. The first-order chi connectivity index (χ1) is 14.2. The van der Waals surface area contributed by atoms with Crippen molar-refractivity contribution in [2.24, 2.45) is 5.41 Å². The summed E-state index contributed by atoms with van der Waals surface area (Å²) in [5.41, 5.74) is 2.97. The maximum atomic E-state index is 13.5. The first-order valence-electron chi connectivity index (χ1n) is 10.4. The molecule has 1 aromatic carbocycles. The predicted molar refractivity (Wildman–Crippen MR) is 121 cm³/mol. The SMILES string of the molecule is COCCN(CC(=O)N1CCc2sccc2[C@@H]1c1ccccc1C)C(=O)C(C)(C)C. The fraction of sp³-hybridized carbons (Fsp3) is 0.500. The van der Waals surface area contributed by atoms with E-state index in [1.165, 1.54) is 16.0 Å². The molecular formula is C24H32N2O3S. The van der Waals surface area contributed by atoms with Crippen LogP contribution in [0.25, 0.3) is 0 Å². The Morgan fingerprint density at radius 2 is 1.93 bits per heavy atom. The highest BCUT2D eigenvalue weighted by Gasteiger charge is 2.36. The van der Waals surface area contributed by atoms with Crippen molar-refractivity contribution >= 4 is 23.2 Å². The second kappa shape index (κ2) is 9.31. The Morgan fingerprint density at radius 1 is 1.20 bits per heavy atom. The maximum absolute atomic E-state index is 13.5. The summed E-state index contributed by atoms with van der Waals surface area (Å²) in [6, 6.07) is 10.3. The van der Waals surface area contributed by atoms with Crippen LogP contribution >= 0.6 is 11.3 Å². The number of ether oxygens (including phenoxy) is 1. The summed E-state index contributed by atoms with van der Waals surface area (Å²) in [6.07, 6.45) is 0.854. The number of fused-ring (bicyclic) bond motifs is 1. The van der Waals surface area contributed by atoms with E-state index in [0.29, 0.717) is 19.7 Å². The van der Waals surface area contributed by atoms with Crippen LogP contribution in [0.1, 0.15) is 48.4 Å². The van der Waals surface area contributed by atoms with E-state index in [0.717, 1.165) is 12.0 Å². The van der Waals surface area contributed by atoms with Crippen molar-refractivity contribution in [2.75, 3.05) is 33.4 Å². The molecule has 2 aromatic rings. The van der Waals surface area contributed by atoms with Crippen molar-refractivity contribution in [1.82, 2.24) is 9.80 Å². The molecule has 30 heavy (non-hydrogen) atoms. The van der Waals surface area contributed by atoms with E-state index in [2.05, 4.69) is 30.5 Å². The highest BCUT2D eigenvalue weighted by atomic mass is 32.1. The van der Waals surface area contributed by atoms with Gasteiger partial charge < -0.3 is 14.5 Å². The lowest BCUT2D eigenvalue weighted by molar-refractivity contribution is -0.147. The predicted octanol–water partition coefficient (Wildman–Crippen LogP) is 4.05. The zero-order valence-electron chi connectivity index (χ0n) is 18.6. The number of methoxy groups -OCH3 is 1. The molecule has 1 aliphatic rings. The fourth-order valence-electron chi connectivity index (χ4n) is 4.00. The third-order valence-electron chi connectivity index (χ3n) is 5.59. The summed E-state index contributed by atoms with van der Waals surface area (Å²) in [5.74, 6) is -0.0534. The Kier molecular flexibility index (Phi) is 6.98. The number of hydrogen-bond acceptors (Lipinski definition) is 4. The third-order valence-corrected chi connectivity index (χ3v) is 6.59. The maximum Gasteiger partial charge on any atom is 0.242 e. The normalized spacial score (nSPS) is 16.3. The monoisotopic (exact) mass is 428 g/mol. The number of benzene rings is 1. The number of thiophene rings is 1. The minimum atomic E-state index is -0.550. The quantitative estimate of drug-likeness (QED) is 0.697. The Labute approximate surface area is 183 Å². The first-order valence-corrected chi connectivity index (χ1v) is 11.3. The van der Waals surface area contributed by atoms with Gasteiger partial charge in [-0.25, -0.2) is 0 Å². The molecule has 6 heteroatoms. The van der Waals surface area contributed by atoms with Gasteiger partial charge in [0.2, 0.25) is 11.8 Å². The second-order valence-electron chi connectivity index (χ2n) is 8.86. The number of amides is 2. The molecule has 1 aliphatic heterocycles. The lowest BCUT2D eigenvalue weighted by atomic mass is 9.90. The van der Waals surface area contributed by atoms with Crippen molar-refractivity contribution in [3.05, 3.63) is 57.3 Å². The molecule has 1 aromatic heterocycles. The van der Waals surface area contributed by atoms with E-state index in [1.54, 1.807) is 23.3 Å². The van der Waals surface area contributed by atoms with E-state index in [9.17, 15) is 9.59 Å². The highest BCUT2D eigenvalue weighted by molar-refractivity contribution is 7.10. The van der Waals surface area contributed by atoms with E-state index in [4.69, 9.17) is 4.74 Å². The lowest BCUT2D eigenvalue weighted by Crippen LogP contribution is -2.49. The van der Waals surface area contributed by atoms with Crippen molar-refractivity contribution < 1.29 is 14.3 Å². The van der Waals surface area contributed by atoms with E-state index in [1.807, 2.05) is 37.8 Å². The van der Waals surface area contributed by atoms with Crippen molar-refractivity contribution in [3.8, 4) is 0 Å². The van der Waals surface area contributed by atoms with Crippen LogP contribution in [0.2, 0.25) is 0 Å². The molecule has 0 fully saturated rings. The highest BCUT2D eigenvalue weighted by Crippen LogP contribution is 2.39. The molecule has 2 amide bonds. The zero-order valence-corrected chi connectivity index (χ0v) is 19.4. The summed E-state index contributed by atoms with van der Waals surface area (Å²) < 4.78 is 5.19. The second-order valence-corrected chi connectivity index (χ2v) is 9.87. The van der Waals surface area contributed by atoms with Gasteiger partial charge in [-0.05, 0) is 41.5 Å².